The molecule has 0 saturated carbocycles. The van der Waals surface area contributed by atoms with Crippen molar-refractivity contribution < 1.29 is 24.2 Å². The van der Waals surface area contributed by atoms with E-state index in [9.17, 15) is 19.5 Å². The van der Waals surface area contributed by atoms with E-state index in [2.05, 4.69) is 10.6 Å². The number of nitrogens with two attached hydrogens (primary N) is 1. The van der Waals surface area contributed by atoms with Crippen molar-refractivity contribution in [3.63, 3.8) is 0 Å². The molecule has 2 aromatic rings. The predicted octanol–water partition coefficient (Wildman–Crippen LogP) is 1.14. The summed E-state index contributed by atoms with van der Waals surface area (Å²) in [6.07, 6.45) is -0.818. The molecule has 0 saturated heterocycles. The van der Waals surface area contributed by atoms with Crippen LogP contribution >= 0.6 is 11.6 Å². The molecule has 2 aromatic carbocycles. The number of aliphatic hydroxyl groups excluding tert-OH is 1. The molecule has 2 atom stereocenters. The molecular weight excluding hydrogens is 398 g/mol. The van der Waals surface area contributed by atoms with Crippen LogP contribution in [0.3, 0.4) is 0 Å². The van der Waals surface area contributed by atoms with Crippen molar-refractivity contribution in [3.8, 4) is 0 Å². The van der Waals surface area contributed by atoms with Crippen molar-refractivity contribution in [1.82, 2.24) is 10.6 Å². The van der Waals surface area contributed by atoms with Crippen molar-refractivity contribution in [2.75, 3.05) is 6.61 Å². The summed E-state index contributed by atoms with van der Waals surface area (Å²) in [5.74, 6) is -1.55. The van der Waals surface area contributed by atoms with E-state index in [0.717, 1.165) is 5.56 Å². The first-order valence-corrected chi connectivity index (χ1v) is 9.19. The van der Waals surface area contributed by atoms with E-state index in [-0.39, 0.29) is 13.0 Å². The highest BCUT2D eigenvalue weighted by Crippen LogP contribution is 2.16. The number of amides is 3. The van der Waals surface area contributed by atoms with Gasteiger partial charge in [0, 0.05) is 11.4 Å². The zero-order chi connectivity index (χ0) is 21.2. The molecule has 0 fully saturated rings. The molecular formula is C20H22ClN3O5. The van der Waals surface area contributed by atoms with Crippen LogP contribution in [0.1, 0.15) is 11.1 Å². The lowest BCUT2D eigenvalue weighted by atomic mass is 10.0. The second kappa shape index (κ2) is 11.0. The van der Waals surface area contributed by atoms with Crippen molar-refractivity contribution >= 4 is 29.5 Å². The minimum atomic E-state index is -1.31. The van der Waals surface area contributed by atoms with Crippen LogP contribution in [0.25, 0.3) is 0 Å². The van der Waals surface area contributed by atoms with Gasteiger partial charge in [0.2, 0.25) is 11.8 Å². The highest BCUT2D eigenvalue weighted by Gasteiger charge is 2.26. The summed E-state index contributed by atoms with van der Waals surface area (Å²) in [6, 6.07) is 13.4. The molecule has 0 heterocycles. The summed E-state index contributed by atoms with van der Waals surface area (Å²) < 4.78 is 5.02. The summed E-state index contributed by atoms with van der Waals surface area (Å²) in [5.41, 5.74) is 6.75. The second-order valence-corrected chi connectivity index (χ2v) is 6.61. The van der Waals surface area contributed by atoms with Crippen LogP contribution in [-0.4, -0.2) is 41.7 Å². The maximum Gasteiger partial charge on any atom is 0.408 e. The van der Waals surface area contributed by atoms with Gasteiger partial charge in [0.15, 0.2) is 0 Å². The molecule has 8 nitrogen and oxygen atoms in total. The van der Waals surface area contributed by atoms with Crippen LogP contribution in [0.15, 0.2) is 54.6 Å². The molecule has 2 rings (SSSR count). The SMILES string of the molecule is NC(=O)[C@H](Cc1ccccc1Cl)NC(=O)[C@H](CO)NC(=O)OCc1ccccc1. The monoisotopic (exact) mass is 419 g/mol. The van der Waals surface area contributed by atoms with E-state index in [1.54, 1.807) is 48.5 Å². The highest BCUT2D eigenvalue weighted by atomic mass is 35.5. The Hall–Kier alpha value is -3.10. The van der Waals surface area contributed by atoms with E-state index < -0.39 is 36.6 Å². The van der Waals surface area contributed by atoms with Crippen LogP contribution in [0, 0.1) is 0 Å². The fourth-order valence-electron chi connectivity index (χ4n) is 2.48. The average molecular weight is 420 g/mol. The molecule has 0 aliphatic carbocycles. The summed E-state index contributed by atoms with van der Waals surface area (Å²) >= 11 is 6.08. The van der Waals surface area contributed by atoms with Crippen LogP contribution < -0.4 is 16.4 Å². The number of halogens is 1. The van der Waals surface area contributed by atoms with Gasteiger partial charge in [-0.1, -0.05) is 60.1 Å². The Labute approximate surface area is 173 Å². The van der Waals surface area contributed by atoms with Crippen molar-refractivity contribution in [1.29, 1.82) is 0 Å². The molecule has 0 spiro atoms. The van der Waals surface area contributed by atoms with Crippen LogP contribution in [0.2, 0.25) is 5.02 Å². The number of carbonyl (C=O) groups excluding carboxylic acids is 3. The molecule has 0 aliphatic rings. The lowest BCUT2D eigenvalue weighted by Gasteiger charge is -2.21. The van der Waals surface area contributed by atoms with Gasteiger partial charge in [0.1, 0.15) is 18.7 Å². The Morgan fingerprint density at radius 3 is 2.28 bits per heavy atom. The summed E-state index contributed by atoms with van der Waals surface area (Å²) in [6.45, 7) is -0.688. The van der Waals surface area contributed by atoms with Crippen LogP contribution in [-0.2, 0) is 27.4 Å². The Kier molecular flexibility index (Phi) is 8.45. The molecule has 0 unspecified atom stereocenters. The molecule has 0 aliphatic heterocycles. The third kappa shape index (κ3) is 7.10. The zero-order valence-corrected chi connectivity index (χ0v) is 16.3. The molecule has 0 radical (unpaired) electrons. The first-order valence-electron chi connectivity index (χ1n) is 8.82. The number of primary amides is 1. The first kappa shape index (κ1) is 22.2. The number of carbonyl (C=O) groups is 3. The number of rotatable bonds is 9. The standard InChI is InChI=1S/C20H22ClN3O5/c21-15-9-5-4-8-14(15)10-16(18(22)26)23-19(27)17(11-25)24-20(28)29-12-13-6-2-1-3-7-13/h1-9,16-17,25H,10-12H2,(H2,22,26)(H,23,27)(H,24,28)/t16-,17-/m0/s1. The second-order valence-electron chi connectivity index (χ2n) is 6.20. The molecule has 3 amide bonds. The maximum atomic E-state index is 12.4. The molecule has 0 aromatic heterocycles. The van der Waals surface area contributed by atoms with E-state index in [0.29, 0.717) is 10.6 Å². The van der Waals surface area contributed by atoms with Crippen molar-refractivity contribution in [2.24, 2.45) is 5.73 Å². The minimum Gasteiger partial charge on any atom is -0.445 e. The summed E-state index contributed by atoms with van der Waals surface area (Å²) in [4.78, 5) is 36.0. The molecule has 9 heteroatoms. The predicted molar refractivity (Wildman–Crippen MR) is 107 cm³/mol. The molecule has 154 valence electrons. The number of hydrogen-bond acceptors (Lipinski definition) is 5. The molecule has 5 N–H and O–H groups in total. The Morgan fingerprint density at radius 1 is 1.00 bits per heavy atom. The van der Waals surface area contributed by atoms with Gasteiger partial charge in [0.05, 0.1) is 6.61 Å². The van der Waals surface area contributed by atoms with Crippen molar-refractivity contribution in [2.45, 2.75) is 25.1 Å². The summed E-state index contributed by atoms with van der Waals surface area (Å²) in [5, 5.41) is 14.5. The van der Waals surface area contributed by atoms with E-state index in [1.165, 1.54) is 0 Å². The van der Waals surface area contributed by atoms with Gasteiger partial charge in [0.25, 0.3) is 0 Å². The number of hydrogen-bond donors (Lipinski definition) is 4. The summed E-state index contributed by atoms with van der Waals surface area (Å²) in [7, 11) is 0. The third-order valence-electron chi connectivity index (χ3n) is 4.05. The first-order chi connectivity index (χ1) is 13.9. The number of ether oxygens (including phenoxy) is 1. The van der Waals surface area contributed by atoms with Crippen LogP contribution in [0.4, 0.5) is 4.79 Å². The highest BCUT2D eigenvalue weighted by molar-refractivity contribution is 6.31. The molecule has 29 heavy (non-hydrogen) atoms. The van der Waals surface area contributed by atoms with Crippen molar-refractivity contribution in [3.05, 3.63) is 70.7 Å². The quantitative estimate of drug-likeness (QED) is 0.484. The zero-order valence-electron chi connectivity index (χ0n) is 15.5. The van der Waals surface area contributed by atoms with Gasteiger partial charge in [-0.25, -0.2) is 4.79 Å². The van der Waals surface area contributed by atoms with Gasteiger partial charge in [-0.15, -0.1) is 0 Å². The fourth-order valence-corrected chi connectivity index (χ4v) is 2.69. The minimum absolute atomic E-state index is 0.00284. The fraction of sp³-hybridized carbons (Fsp3) is 0.250. The van der Waals surface area contributed by atoms with Gasteiger partial charge in [-0.05, 0) is 17.2 Å². The molecule has 0 bridgehead atoms. The van der Waals surface area contributed by atoms with Gasteiger partial charge >= 0.3 is 6.09 Å². The largest absolute Gasteiger partial charge is 0.445 e. The van der Waals surface area contributed by atoms with Crippen LogP contribution in [0.5, 0.6) is 0 Å². The van der Waals surface area contributed by atoms with E-state index in [4.69, 9.17) is 22.1 Å². The van der Waals surface area contributed by atoms with E-state index in [1.807, 2.05) is 6.07 Å². The number of nitrogens with one attached hydrogen (secondary N) is 2. The lowest BCUT2D eigenvalue weighted by Crippen LogP contribution is -2.54. The average Bonchev–Trinajstić information content (AvgIpc) is 2.72. The maximum absolute atomic E-state index is 12.4. The number of aliphatic hydroxyl groups is 1. The normalized spacial score (nSPS) is 12.5. The Balaban J connectivity index is 1.93. The smallest absolute Gasteiger partial charge is 0.408 e. The van der Waals surface area contributed by atoms with Gasteiger partial charge in [-0.3, -0.25) is 9.59 Å². The third-order valence-corrected chi connectivity index (χ3v) is 4.41. The lowest BCUT2D eigenvalue weighted by molar-refractivity contribution is -0.129. The topological polar surface area (TPSA) is 131 Å². The van der Waals surface area contributed by atoms with E-state index >= 15 is 0 Å². The Morgan fingerprint density at radius 2 is 1.66 bits per heavy atom. The number of alkyl carbamates (subject to hydrolysis) is 1. The van der Waals surface area contributed by atoms with Gasteiger partial charge < -0.3 is 26.2 Å². The number of benzene rings is 2. The van der Waals surface area contributed by atoms with Gasteiger partial charge in [-0.2, -0.15) is 0 Å². The Bertz CT molecular complexity index is 847.